The van der Waals surface area contributed by atoms with Crippen LogP contribution in [0.15, 0.2) is 24.4 Å². The zero-order chi connectivity index (χ0) is 20.0. The van der Waals surface area contributed by atoms with Crippen LogP contribution in [0.3, 0.4) is 0 Å². The summed E-state index contributed by atoms with van der Waals surface area (Å²) in [6.07, 6.45) is 8.00. The summed E-state index contributed by atoms with van der Waals surface area (Å²) in [6, 6.07) is 5.78. The zero-order valence-corrected chi connectivity index (χ0v) is 16.6. The number of nitrogens with one attached hydrogen (secondary N) is 1. The van der Waals surface area contributed by atoms with Gasteiger partial charge < -0.3 is 19.9 Å². The van der Waals surface area contributed by atoms with Crippen LogP contribution in [0.2, 0.25) is 0 Å². The first-order valence-corrected chi connectivity index (χ1v) is 10.8. The summed E-state index contributed by atoms with van der Waals surface area (Å²) in [5.41, 5.74) is 0.367. The lowest BCUT2D eigenvalue weighted by Crippen LogP contribution is -2.63. The Balaban J connectivity index is 1.42. The van der Waals surface area contributed by atoms with Gasteiger partial charge in [-0.2, -0.15) is 0 Å². The van der Waals surface area contributed by atoms with E-state index in [0.717, 1.165) is 63.3 Å². The van der Waals surface area contributed by atoms with Crippen molar-refractivity contribution in [3.63, 3.8) is 0 Å². The third kappa shape index (κ3) is 3.03. The van der Waals surface area contributed by atoms with E-state index in [0.29, 0.717) is 17.9 Å². The Morgan fingerprint density at radius 3 is 2.66 bits per heavy atom. The standard InChI is InChI=1S/C22H28N4O3/c27-17-6-4-16(5-7-17)25-13-1-10-22(21(25)29)11-2-14-26(22)20(28)18-8-3-15-9-12-23-19(15)24-18/h3,8-9,12,16-17,27H,1-2,4-7,10-11,13-14H2,(H,23,24). The molecule has 2 N–H and O–H groups in total. The number of rotatable bonds is 2. The van der Waals surface area contributed by atoms with Crippen LogP contribution in [-0.2, 0) is 4.79 Å². The van der Waals surface area contributed by atoms with E-state index in [1.54, 1.807) is 11.0 Å². The van der Waals surface area contributed by atoms with E-state index >= 15 is 0 Å². The number of hydrogen-bond donors (Lipinski definition) is 2. The Kier molecular flexibility index (Phi) is 4.57. The number of fused-ring (bicyclic) bond motifs is 1. The van der Waals surface area contributed by atoms with Gasteiger partial charge in [-0.15, -0.1) is 0 Å². The maximum atomic E-state index is 13.7. The van der Waals surface area contributed by atoms with E-state index in [1.807, 2.05) is 23.2 Å². The van der Waals surface area contributed by atoms with Crippen molar-refractivity contribution < 1.29 is 14.7 Å². The number of carbonyl (C=O) groups is 2. The van der Waals surface area contributed by atoms with Gasteiger partial charge in [-0.1, -0.05) is 0 Å². The van der Waals surface area contributed by atoms with Gasteiger partial charge in [-0.3, -0.25) is 9.59 Å². The molecule has 5 rings (SSSR count). The highest BCUT2D eigenvalue weighted by molar-refractivity contribution is 6.00. The van der Waals surface area contributed by atoms with Crippen LogP contribution >= 0.6 is 0 Å². The first kappa shape index (κ1) is 18.6. The number of carbonyl (C=O) groups excluding carboxylic acids is 2. The summed E-state index contributed by atoms with van der Waals surface area (Å²) in [4.78, 5) is 38.5. The lowest BCUT2D eigenvalue weighted by molar-refractivity contribution is -0.149. The molecule has 7 nitrogen and oxygen atoms in total. The van der Waals surface area contributed by atoms with E-state index < -0.39 is 5.54 Å². The van der Waals surface area contributed by atoms with Crippen LogP contribution in [0.1, 0.15) is 61.9 Å². The maximum absolute atomic E-state index is 13.7. The van der Waals surface area contributed by atoms with Crippen molar-refractivity contribution in [2.45, 2.75) is 69.1 Å². The molecule has 2 saturated heterocycles. The van der Waals surface area contributed by atoms with Gasteiger partial charge in [0.1, 0.15) is 16.9 Å². The van der Waals surface area contributed by atoms with Crippen LogP contribution < -0.4 is 0 Å². The fraction of sp³-hybridized carbons (Fsp3) is 0.591. The first-order chi connectivity index (χ1) is 14.1. The molecular formula is C22H28N4O3. The monoisotopic (exact) mass is 396 g/mol. The van der Waals surface area contributed by atoms with Gasteiger partial charge in [-0.05, 0) is 69.6 Å². The summed E-state index contributed by atoms with van der Waals surface area (Å²) < 4.78 is 0. The predicted molar refractivity (Wildman–Crippen MR) is 108 cm³/mol. The number of aliphatic hydroxyl groups excluding tert-OH is 1. The topological polar surface area (TPSA) is 89.5 Å². The van der Waals surface area contributed by atoms with Crippen LogP contribution in [-0.4, -0.2) is 67.5 Å². The summed E-state index contributed by atoms with van der Waals surface area (Å²) in [5, 5.41) is 10.8. The smallest absolute Gasteiger partial charge is 0.273 e. The zero-order valence-electron chi connectivity index (χ0n) is 16.6. The number of aromatic nitrogens is 2. The molecule has 0 radical (unpaired) electrons. The second-order valence-electron chi connectivity index (χ2n) is 8.77. The van der Waals surface area contributed by atoms with Gasteiger partial charge in [-0.25, -0.2) is 4.98 Å². The molecule has 0 bridgehead atoms. The van der Waals surface area contributed by atoms with Gasteiger partial charge in [0.05, 0.1) is 6.10 Å². The van der Waals surface area contributed by atoms with Crippen molar-refractivity contribution in [3.8, 4) is 0 Å². The van der Waals surface area contributed by atoms with Gasteiger partial charge in [0.2, 0.25) is 5.91 Å². The maximum Gasteiger partial charge on any atom is 0.273 e. The summed E-state index contributed by atoms with van der Waals surface area (Å²) in [5.74, 6) is -0.0368. The molecule has 1 atom stereocenters. The van der Waals surface area contributed by atoms with Crippen molar-refractivity contribution >= 4 is 22.8 Å². The Morgan fingerprint density at radius 2 is 1.86 bits per heavy atom. The third-order valence-corrected chi connectivity index (χ3v) is 7.12. The molecule has 1 saturated carbocycles. The molecule has 2 amide bonds. The van der Waals surface area contributed by atoms with Crippen molar-refractivity contribution in [3.05, 3.63) is 30.1 Å². The van der Waals surface area contributed by atoms with E-state index in [-0.39, 0.29) is 24.0 Å². The average molecular weight is 396 g/mol. The van der Waals surface area contributed by atoms with E-state index in [4.69, 9.17) is 0 Å². The van der Waals surface area contributed by atoms with Crippen molar-refractivity contribution in [1.82, 2.24) is 19.8 Å². The van der Waals surface area contributed by atoms with Gasteiger partial charge in [0.15, 0.2) is 0 Å². The molecule has 3 aliphatic rings. The Morgan fingerprint density at radius 1 is 1.10 bits per heavy atom. The molecular weight excluding hydrogens is 368 g/mol. The van der Waals surface area contributed by atoms with Crippen LogP contribution in [0.5, 0.6) is 0 Å². The third-order valence-electron chi connectivity index (χ3n) is 7.12. The minimum Gasteiger partial charge on any atom is -0.393 e. The molecule has 29 heavy (non-hydrogen) atoms. The number of piperidine rings is 1. The molecule has 2 aromatic heterocycles. The molecule has 4 heterocycles. The number of H-pyrrole nitrogens is 1. The van der Waals surface area contributed by atoms with E-state index in [1.165, 1.54) is 0 Å². The Bertz CT molecular complexity index is 933. The predicted octanol–water partition coefficient (Wildman–Crippen LogP) is 2.46. The van der Waals surface area contributed by atoms with Crippen molar-refractivity contribution in [2.75, 3.05) is 13.1 Å². The highest BCUT2D eigenvalue weighted by Crippen LogP contribution is 2.41. The quantitative estimate of drug-likeness (QED) is 0.816. The highest BCUT2D eigenvalue weighted by atomic mass is 16.3. The highest BCUT2D eigenvalue weighted by Gasteiger charge is 2.54. The molecule has 3 fully saturated rings. The average Bonchev–Trinajstić information content (AvgIpc) is 3.37. The summed E-state index contributed by atoms with van der Waals surface area (Å²) >= 11 is 0. The Labute approximate surface area is 170 Å². The number of likely N-dealkylation sites (tertiary alicyclic amines) is 2. The van der Waals surface area contributed by atoms with E-state index in [9.17, 15) is 14.7 Å². The van der Waals surface area contributed by atoms with Gasteiger partial charge >= 0.3 is 0 Å². The normalized spacial score (nSPS) is 30.4. The minimum absolute atomic E-state index is 0.108. The molecule has 2 aliphatic heterocycles. The number of hydrogen-bond acceptors (Lipinski definition) is 4. The number of aliphatic hydroxyl groups is 1. The van der Waals surface area contributed by atoms with Gasteiger partial charge in [0.25, 0.3) is 5.91 Å². The second kappa shape index (κ2) is 7.13. The lowest BCUT2D eigenvalue weighted by Gasteiger charge is -2.48. The SMILES string of the molecule is O=C(c1ccc2cc[nH]c2n1)N1CCCC12CCCN(C1CCC(O)CC1)C2=O. The fourth-order valence-corrected chi connectivity index (χ4v) is 5.58. The minimum atomic E-state index is -0.724. The molecule has 7 heteroatoms. The number of pyridine rings is 1. The Hall–Kier alpha value is -2.41. The van der Waals surface area contributed by atoms with Gasteiger partial charge in [0, 0.05) is 30.7 Å². The molecule has 1 spiro atoms. The second-order valence-corrected chi connectivity index (χ2v) is 8.77. The van der Waals surface area contributed by atoms with E-state index in [2.05, 4.69) is 9.97 Å². The summed E-state index contributed by atoms with van der Waals surface area (Å²) in [7, 11) is 0. The van der Waals surface area contributed by atoms with Crippen molar-refractivity contribution in [1.29, 1.82) is 0 Å². The molecule has 2 aromatic rings. The lowest BCUT2D eigenvalue weighted by atomic mass is 9.82. The number of amides is 2. The van der Waals surface area contributed by atoms with Crippen LogP contribution in [0.4, 0.5) is 0 Å². The molecule has 1 aliphatic carbocycles. The van der Waals surface area contributed by atoms with Crippen LogP contribution in [0, 0.1) is 0 Å². The summed E-state index contributed by atoms with van der Waals surface area (Å²) in [6.45, 7) is 1.36. The molecule has 154 valence electrons. The first-order valence-electron chi connectivity index (χ1n) is 10.8. The van der Waals surface area contributed by atoms with Crippen LogP contribution in [0.25, 0.3) is 11.0 Å². The fourth-order valence-electron chi connectivity index (χ4n) is 5.58. The largest absolute Gasteiger partial charge is 0.393 e. The molecule has 1 unspecified atom stereocenters. The molecule has 0 aromatic carbocycles. The number of nitrogens with zero attached hydrogens (tertiary/aromatic N) is 3. The number of aromatic amines is 1. The van der Waals surface area contributed by atoms with Crippen molar-refractivity contribution in [2.24, 2.45) is 0 Å².